The second-order valence-corrected chi connectivity index (χ2v) is 5.35. The molecule has 0 radical (unpaired) electrons. The molecule has 1 rings (SSSR count). The SMILES string of the molecule is CCC1CCCC(OCC(O)C(C)CC)C1. The Balaban J connectivity index is 2.21. The summed E-state index contributed by atoms with van der Waals surface area (Å²) in [5.74, 6) is 1.20. The number of ether oxygens (including phenoxy) is 1. The van der Waals surface area contributed by atoms with Crippen molar-refractivity contribution in [2.45, 2.75) is 71.5 Å². The standard InChI is InChI=1S/C14H28O2/c1-4-11(3)14(15)10-16-13-8-6-7-12(5-2)9-13/h11-15H,4-10H2,1-3H3. The van der Waals surface area contributed by atoms with Crippen LogP contribution in [-0.4, -0.2) is 23.9 Å². The van der Waals surface area contributed by atoms with E-state index in [9.17, 15) is 5.11 Å². The zero-order chi connectivity index (χ0) is 12.0. The highest BCUT2D eigenvalue weighted by molar-refractivity contribution is 4.73. The van der Waals surface area contributed by atoms with Crippen LogP contribution in [0.5, 0.6) is 0 Å². The van der Waals surface area contributed by atoms with Crippen molar-refractivity contribution in [3.8, 4) is 0 Å². The molecule has 96 valence electrons. The summed E-state index contributed by atoms with van der Waals surface area (Å²) >= 11 is 0. The zero-order valence-electron chi connectivity index (χ0n) is 11.1. The van der Waals surface area contributed by atoms with Gasteiger partial charge in [-0.25, -0.2) is 0 Å². The summed E-state index contributed by atoms with van der Waals surface area (Å²) in [7, 11) is 0. The van der Waals surface area contributed by atoms with Crippen LogP contribution < -0.4 is 0 Å². The highest BCUT2D eigenvalue weighted by atomic mass is 16.5. The van der Waals surface area contributed by atoms with Gasteiger partial charge in [0.15, 0.2) is 0 Å². The molecule has 0 aromatic rings. The average Bonchev–Trinajstić information content (AvgIpc) is 2.35. The molecule has 1 saturated carbocycles. The van der Waals surface area contributed by atoms with Crippen LogP contribution in [0.25, 0.3) is 0 Å². The molecule has 0 aromatic heterocycles. The summed E-state index contributed by atoms with van der Waals surface area (Å²) in [5.41, 5.74) is 0. The van der Waals surface area contributed by atoms with Crippen molar-refractivity contribution in [3.05, 3.63) is 0 Å². The van der Waals surface area contributed by atoms with E-state index in [2.05, 4.69) is 20.8 Å². The van der Waals surface area contributed by atoms with Crippen molar-refractivity contribution < 1.29 is 9.84 Å². The third-order valence-corrected chi connectivity index (χ3v) is 4.12. The van der Waals surface area contributed by atoms with Crippen molar-refractivity contribution in [1.82, 2.24) is 0 Å². The molecule has 0 bridgehead atoms. The molecule has 0 aliphatic heterocycles. The second-order valence-electron chi connectivity index (χ2n) is 5.35. The minimum absolute atomic E-state index is 0.285. The molecular weight excluding hydrogens is 200 g/mol. The number of rotatable bonds is 6. The smallest absolute Gasteiger partial charge is 0.0799 e. The van der Waals surface area contributed by atoms with Crippen molar-refractivity contribution >= 4 is 0 Å². The van der Waals surface area contributed by atoms with Crippen molar-refractivity contribution in [2.75, 3.05) is 6.61 Å². The summed E-state index contributed by atoms with van der Waals surface area (Å²) in [6.45, 7) is 6.99. The molecule has 0 saturated heterocycles. The Morgan fingerprint density at radius 2 is 2.06 bits per heavy atom. The minimum Gasteiger partial charge on any atom is -0.390 e. The fourth-order valence-electron chi connectivity index (χ4n) is 2.43. The maximum absolute atomic E-state index is 9.85. The van der Waals surface area contributed by atoms with Crippen LogP contribution in [0.4, 0.5) is 0 Å². The first-order chi connectivity index (χ1) is 7.67. The van der Waals surface area contributed by atoms with Gasteiger partial charge in [0.2, 0.25) is 0 Å². The number of aliphatic hydroxyl groups excluding tert-OH is 1. The lowest BCUT2D eigenvalue weighted by molar-refractivity contribution is -0.0481. The molecule has 0 spiro atoms. The average molecular weight is 228 g/mol. The van der Waals surface area contributed by atoms with Crippen molar-refractivity contribution in [2.24, 2.45) is 11.8 Å². The van der Waals surface area contributed by atoms with Crippen LogP contribution >= 0.6 is 0 Å². The Bertz CT molecular complexity index is 182. The van der Waals surface area contributed by atoms with Gasteiger partial charge in [0.05, 0.1) is 18.8 Å². The predicted molar refractivity (Wildman–Crippen MR) is 67.5 cm³/mol. The van der Waals surface area contributed by atoms with Gasteiger partial charge in [0, 0.05) is 0 Å². The summed E-state index contributed by atoms with van der Waals surface area (Å²) in [4.78, 5) is 0. The van der Waals surface area contributed by atoms with E-state index in [1.54, 1.807) is 0 Å². The van der Waals surface area contributed by atoms with Gasteiger partial charge in [0.1, 0.15) is 0 Å². The fraction of sp³-hybridized carbons (Fsp3) is 1.00. The van der Waals surface area contributed by atoms with Gasteiger partial charge < -0.3 is 9.84 Å². The van der Waals surface area contributed by atoms with Crippen molar-refractivity contribution in [3.63, 3.8) is 0 Å². The summed E-state index contributed by atoms with van der Waals surface area (Å²) in [6.07, 6.45) is 7.45. The van der Waals surface area contributed by atoms with Gasteiger partial charge >= 0.3 is 0 Å². The van der Waals surface area contributed by atoms with E-state index in [0.29, 0.717) is 18.6 Å². The van der Waals surface area contributed by atoms with Crippen LogP contribution in [0.1, 0.15) is 59.3 Å². The van der Waals surface area contributed by atoms with Gasteiger partial charge in [-0.2, -0.15) is 0 Å². The van der Waals surface area contributed by atoms with E-state index in [1.807, 2.05) is 0 Å². The van der Waals surface area contributed by atoms with Gasteiger partial charge in [-0.05, 0) is 24.7 Å². The fourth-order valence-corrected chi connectivity index (χ4v) is 2.43. The monoisotopic (exact) mass is 228 g/mol. The lowest BCUT2D eigenvalue weighted by Gasteiger charge is -2.29. The van der Waals surface area contributed by atoms with Gasteiger partial charge in [0.25, 0.3) is 0 Å². The Hall–Kier alpha value is -0.0800. The first-order valence-electron chi connectivity index (χ1n) is 6.97. The quantitative estimate of drug-likeness (QED) is 0.755. The molecule has 2 nitrogen and oxygen atoms in total. The second kappa shape index (κ2) is 7.29. The van der Waals surface area contributed by atoms with E-state index >= 15 is 0 Å². The largest absolute Gasteiger partial charge is 0.390 e. The molecule has 0 heterocycles. The van der Waals surface area contributed by atoms with E-state index < -0.39 is 0 Å². The topological polar surface area (TPSA) is 29.5 Å². The van der Waals surface area contributed by atoms with E-state index in [1.165, 1.54) is 32.1 Å². The summed E-state index contributed by atoms with van der Waals surface area (Å²) in [5, 5.41) is 9.85. The molecular formula is C14H28O2. The molecule has 4 atom stereocenters. The molecule has 2 heteroatoms. The van der Waals surface area contributed by atoms with Crippen LogP contribution in [-0.2, 0) is 4.74 Å². The molecule has 1 fully saturated rings. The van der Waals surface area contributed by atoms with E-state index in [4.69, 9.17) is 4.74 Å². The zero-order valence-corrected chi connectivity index (χ0v) is 11.1. The maximum Gasteiger partial charge on any atom is 0.0799 e. The third kappa shape index (κ3) is 4.42. The number of hydrogen-bond donors (Lipinski definition) is 1. The molecule has 16 heavy (non-hydrogen) atoms. The molecule has 4 unspecified atom stereocenters. The summed E-state index contributed by atoms with van der Waals surface area (Å²) in [6, 6.07) is 0. The van der Waals surface area contributed by atoms with Gasteiger partial charge in [-0.3, -0.25) is 0 Å². The van der Waals surface area contributed by atoms with Gasteiger partial charge in [-0.15, -0.1) is 0 Å². The Labute approximate surface area is 100 Å². The lowest BCUT2D eigenvalue weighted by Crippen LogP contribution is -2.29. The molecule has 1 aliphatic rings. The predicted octanol–water partition coefficient (Wildman–Crippen LogP) is 3.38. The Kier molecular flexibility index (Phi) is 6.37. The minimum atomic E-state index is -0.285. The highest BCUT2D eigenvalue weighted by Crippen LogP contribution is 2.28. The molecule has 0 aromatic carbocycles. The first kappa shape index (κ1) is 14.0. The Morgan fingerprint density at radius 3 is 2.69 bits per heavy atom. The molecule has 1 aliphatic carbocycles. The lowest BCUT2D eigenvalue weighted by atomic mass is 9.85. The van der Waals surface area contributed by atoms with Crippen molar-refractivity contribution in [1.29, 1.82) is 0 Å². The third-order valence-electron chi connectivity index (χ3n) is 4.12. The van der Waals surface area contributed by atoms with E-state index in [-0.39, 0.29) is 6.10 Å². The van der Waals surface area contributed by atoms with Crippen LogP contribution in [0, 0.1) is 11.8 Å². The Morgan fingerprint density at radius 1 is 1.31 bits per heavy atom. The molecule has 1 N–H and O–H groups in total. The van der Waals surface area contributed by atoms with Gasteiger partial charge in [-0.1, -0.05) is 46.5 Å². The van der Waals surface area contributed by atoms with E-state index in [0.717, 1.165) is 12.3 Å². The van der Waals surface area contributed by atoms with Crippen LogP contribution in [0.15, 0.2) is 0 Å². The highest BCUT2D eigenvalue weighted by Gasteiger charge is 2.22. The van der Waals surface area contributed by atoms with Crippen LogP contribution in [0.2, 0.25) is 0 Å². The summed E-state index contributed by atoms with van der Waals surface area (Å²) < 4.78 is 5.85. The normalized spacial score (nSPS) is 30.0. The number of hydrogen-bond acceptors (Lipinski definition) is 2. The number of aliphatic hydroxyl groups is 1. The van der Waals surface area contributed by atoms with Crippen LogP contribution in [0.3, 0.4) is 0 Å². The maximum atomic E-state index is 9.85. The molecule has 0 amide bonds. The first-order valence-corrected chi connectivity index (χ1v) is 6.97.